The first-order valence-electron chi connectivity index (χ1n) is 8.87. The summed E-state index contributed by atoms with van der Waals surface area (Å²) in [4.78, 5) is 24.7. The maximum absolute atomic E-state index is 12.8. The summed E-state index contributed by atoms with van der Waals surface area (Å²) in [5, 5.41) is 10.2. The average molecular weight is 338 g/mol. The van der Waals surface area contributed by atoms with Gasteiger partial charge in [0.2, 0.25) is 5.91 Å². The van der Waals surface area contributed by atoms with Crippen molar-refractivity contribution in [1.29, 1.82) is 0 Å². The molecule has 1 aromatic heterocycles. The molecule has 6 nitrogen and oxygen atoms in total. The van der Waals surface area contributed by atoms with Gasteiger partial charge in [0, 0.05) is 12.5 Å². The van der Waals surface area contributed by atoms with E-state index in [2.05, 4.69) is 15.7 Å². The molecule has 130 valence electrons. The van der Waals surface area contributed by atoms with Crippen molar-refractivity contribution >= 4 is 11.8 Å². The van der Waals surface area contributed by atoms with Crippen LogP contribution in [-0.2, 0) is 4.79 Å². The van der Waals surface area contributed by atoms with E-state index in [4.69, 9.17) is 0 Å². The lowest BCUT2D eigenvalue weighted by Gasteiger charge is -2.22. The second-order valence-electron chi connectivity index (χ2n) is 6.88. The van der Waals surface area contributed by atoms with Crippen LogP contribution in [0.4, 0.5) is 0 Å². The zero-order valence-electron chi connectivity index (χ0n) is 14.3. The van der Waals surface area contributed by atoms with E-state index >= 15 is 0 Å². The van der Waals surface area contributed by atoms with E-state index in [9.17, 15) is 9.59 Å². The summed E-state index contributed by atoms with van der Waals surface area (Å²) in [6.07, 6.45) is 5.34. The van der Waals surface area contributed by atoms with Crippen LogP contribution in [0.15, 0.2) is 30.5 Å². The molecule has 2 aromatic rings. The highest BCUT2D eigenvalue weighted by atomic mass is 16.2. The van der Waals surface area contributed by atoms with Gasteiger partial charge in [-0.25, -0.2) is 4.68 Å². The van der Waals surface area contributed by atoms with Crippen molar-refractivity contribution in [3.63, 3.8) is 0 Å². The lowest BCUT2D eigenvalue weighted by molar-refractivity contribution is -0.124. The SMILES string of the molecule is Cc1ccccc1-n1ncc(C(=O)NC2CCCNC2=O)c1C1CC1. The zero-order chi connectivity index (χ0) is 17.4. The van der Waals surface area contributed by atoms with E-state index in [0.29, 0.717) is 24.4 Å². The van der Waals surface area contributed by atoms with Gasteiger partial charge >= 0.3 is 0 Å². The van der Waals surface area contributed by atoms with E-state index in [1.807, 2.05) is 35.9 Å². The zero-order valence-corrected chi connectivity index (χ0v) is 14.3. The summed E-state index contributed by atoms with van der Waals surface area (Å²) in [5.41, 5.74) is 3.66. The Labute approximate surface area is 146 Å². The minimum absolute atomic E-state index is 0.0983. The molecule has 1 aromatic carbocycles. The minimum atomic E-state index is -0.449. The molecular formula is C19H22N4O2. The monoisotopic (exact) mass is 338 g/mol. The van der Waals surface area contributed by atoms with Crippen LogP contribution in [0.1, 0.15) is 53.2 Å². The molecule has 1 atom stereocenters. The second kappa shape index (κ2) is 6.35. The van der Waals surface area contributed by atoms with Crippen molar-refractivity contribution in [2.45, 2.75) is 44.6 Å². The van der Waals surface area contributed by atoms with Gasteiger partial charge in [0.1, 0.15) is 6.04 Å². The summed E-state index contributed by atoms with van der Waals surface area (Å²) >= 11 is 0. The molecule has 0 bridgehead atoms. The Morgan fingerprint density at radius 3 is 2.80 bits per heavy atom. The van der Waals surface area contributed by atoms with E-state index in [1.165, 1.54) is 0 Å². The standard InChI is InChI=1S/C19H22N4O2/c1-12-5-2-3-7-16(12)23-17(13-8-9-13)14(11-21-23)18(24)22-15-6-4-10-20-19(15)25/h2-3,5,7,11,13,15H,4,6,8-10H2,1H3,(H,20,25)(H,22,24). The number of amides is 2. The number of aromatic nitrogens is 2. The number of carbonyl (C=O) groups is 2. The van der Waals surface area contributed by atoms with E-state index < -0.39 is 6.04 Å². The van der Waals surface area contributed by atoms with Gasteiger partial charge in [0.15, 0.2) is 0 Å². The van der Waals surface area contributed by atoms with Crippen molar-refractivity contribution in [3.05, 3.63) is 47.3 Å². The number of aryl methyl sites for hydroxylation is 1. The predicted octanol–water partition coefficient (Wildman–Crippen LogP) is 2.07. The summed E-state index contributed by atoms with van der Waals surface area (Å²) in [7, 11) is 0. The Hall–Kier alpha value is -2.63. The predicted molar refractivity (Wildman–Crippen MR) is 93.8 cm³/mol. The maximum atomic E-state index is 12.8. The lowest BCUT2D eigenvalue weighted by atomic mass is 10.1. The molecule has 25 heavy (non-hydrogen) atoms. The van der Waals surface area contributed by atoms with Crippen LogP contribution < -0.4 is 10.6 Å². The van der Waals surface area contributed by atoms with Crippen LogP contribution in [0.2, 0.25) is 0 Å². The number of nitrogens with one attached hydrogen (secondary N) is 2. The number of benzene rings is 1. The molecule has 1 aliphatic carbocycles. The second-order valence-corrected chi connectivity index (χ2v) is 6.88. The molecule has 2 aliphatic rings. The molecule has 1 saturated carbocycles. The summed E-state index contributed by atoms with van der Waals surface area (Å²) < 4.78 is 1.89. The van der Waals surface area contributed by atoms with Gasteiger partial charge in [0.05, 0.1) is 23.1 Å². The first-order valence-corrected chi connectivity index (χ1v) is 8.87. The Morgan fingerprint density at radius 2 is 2.08 bits per heavy atom. The fourth-order valence-electron chi connectivity index (χ4n) is 3.42. The molecule has 1 saturated heterocycles. The first kappa shape index (κ1) is 15.9. The summed E-state index contributed by atoms with van der Waals surface area (Å²) in [5.74, 6) is 0.0608. The number of para-hydroxylation sites is 1. The molecule has 2 heterocycles. The molecule has 4 rings (SSSR count). The van der Waals surface area contributed by atoms with Crippen LogP contribution in [0.5, 0.6) is 0 Å². The van der Waals surface area contributed by atoms with Crippen LogP contribution in [0.25, 0.3) is 5.69 Å². The molecule has 2 N–H and O–H groups in total. The van der Waals surface area contributed by atoms with Gasteiger partial charge in [-0.2, -0.15) is 5.10 Å². The molecule has 0 radical (unpaired) electrons. The topological polar surface area (TPSA) is 76.0 Å². The highest BCUT2D eigenvalue weighted by Crippen LogP contribution is 2.42. The van der Waals surface area contributed by atoms with Gasteiger partial charge in [0.25, 0.3) is 5.91 Å². The van der Waals surface area contributed by atoms with Crippen molar-refractivity contribution in [3.8, 4) is 5.69 Å². The Kier molecular flexibility index (Phi) is 4.03. The molecule has 2 fully saturated rings. The third kappa shape index (κ3) is 3.04. The summed E-state index contributed by atoms with van der Waals surface area (Å²) in [6, 6.07) is 7.58. The highest BCUT2D eigenvalue weighted by Gasteiger charge is 2.34. The van der Waals surface area contributed by atoms with Gasteiger partial charge in [-0.15, -0.1) is 0 Å². The number of nitrogens with zero attached hydrogens (tertiary/aromatic N) is 2. The quantitative estimate of drug-likeness (QED) is 0.896. The normalized spacial score (nSPS) is 20.2. The van der Waals surface area contributed by atoms with Crippen molar-refractivity contribution in [2.75, 3.05) is 6.54 Å². The largest absolute Gasteiger partial charge is 0.354 e. The lowest BCUT2D eigenvalue weighted by Crippen LogP contribution is -2.50. The molecule has 1 unspecified atom stereocenters. The number of carbonyl (C=O) groups excluding carboxylic acids is 2. The Bertz CT molecular complexity index is 823. The van der Waals surface area contributed by atoms with E-state index in [0.717, 1.165) is 36.2 Å². The molecule has 1 aliphatic heterocycles. The number of hydrogen-bond acceptors (Lipinski definition) is 3. The Morgan fingerprint density at radius 1 is 1.28 bits per heavy atom. The third-order valence-electron chi connectivity index (χ3n) is 4.95. The van der Waals surface area contributed by atoms with Crippen LogP contribution in [0.3, 0.4) is 0 Å². The summed E-state index contributed by atoms with van der Waals surface area (Å²) in [6.45, 7) is 2.73. The number of piperidine rings is 1. The average Bonchev–Trinajstić information content (AvgIpc) is 3.36. The van der Waals surface area contributed by atoms with Crippen molar-refractivity contribution < 1.29 is 9.59 Å². The fourth-order valence-corrected chi connectivity index (χ4v) is 3.42. The minimum Gasteiger partial charge on any atom is -0.354 e. The molecule has 6 heteroatoms. The number of rotatable bonds is 4. The van der Waals surface area contributed by atoms with Crippen LogP contribution >= 0.6 is 0 Å². The smallest absolute Gasteiger partial charge is 0.255 e. The molecule has 2 amide bonds. The molecule has 0 spiro atoms. The Balaban J connectivity index is 1.65. The maximum Gasteiger partial charge on any atom is 0.255 e. The third-order valence-corrected chi connectivity index (χ3v) is 4.95. The van der Waals surface area contributed by atoms with E-state index in [1.54, 1.807) is 6.20 Å². The van der Waals surface area contributed by atoms with Gasteiger partial charge in [-0.05, 0) is 44.2 Å². The van der Waals surface area contributed by atoms with Crippen LogP contribution in [-0.4, -0.2) is 34.2 Å². The van der Waals surface area contributed by atoms with Gasteiger partial charge in [-0.3, -0.25) is 9.59 Å². The van der Waals surface area contributed by atoms with Gasteiger partial charge < -0.3 is 10.6 Å². The molecular weight excluding hydrogens is 316 g/mol. The van der Waals surface area contributed by atoms with Crippen molar-refractivity contribution in [1.82, 2.24) is 20.4 Å². The highest BCUT2D eigenvalue weighted by molar-refractivity contribution is 5.98. The van der Waals surface area contributed by atoms with E-state index in [-0.39, 0.29) is 11.8 Å². The first-order chi connectivity index (χ1) is 12.1. The number of hydrogen-bond donors (Lipinski definition) is 2. The van der Waals surface area contributed by atoms with Gasteiger partial charge in [-0.1, -0.05) is 18.2 Å². The van der Waals surface area contributed by atoms with Crippen molar-refractivity contribution in [2.24, 2.45) is 0 Å². The fraction of sp³-hybridized carbons (Fsp3) is 0.421. The van der Waals surface area contributed by atoms with Crippen LogP contribution in [0, 0.1) is 6.92 Å².